The van der Waals surface area contributed by atoms with Crippen LogP contribution in [0.2, 0.25) is 4.47 Å². The van der Waals surface area contributed by atoms with E-state index >= 15 is 0 Å². The van der Waals surface area contributed by atoms with Crippen LogP contribution in [0.3, 0.4) is 0 Å². The Kier molecular flexibility index (Phi) is 6.59. The van der Waals surface area contributed by atoms with Gasteiger partial charge in [-0.25, -0.2) is 29.8 Å². The first-order chi connectivity index (χ1) is 9.79. The number of rotatable bonds is 4. The van der Waals surface area contributed by atoms with Crippen LogP contribution in [0.25, 0.3) is 0 Å². The first-order valence-corrected chi connectivity index (χ1v) is 7.06. The number of amides is 1. The maximum Gasteiger partial charge on any atom is 0.417 e. The molecule has 0 spiro atoms. The third kappa shape index (κ3) is 6.10. The van der Waals surface area contributed by atoms with Crippen molar-refractivity contribution in [1.82, 2.24) is 15.3 Å². The van der Waals surface area contributed by atoms with E-state index < -0.39 is 16.7 Å². The van der Waals surface area contributed by atoms with Crippen LogP contribution >= 0.6 is 34.5 Å². The number of hydrogen-bond donors (Lipinski definition) is 1. The van der Waals surface area contributed by atoms with Crippen LogP contribution in [0.1, 0.15) is 11.8 Å². The molecule has 1 aromatic rings. The SMILES string of the molecule is CC(Cl)OC(=O)N(C)C(=NCc1cnc(Cl)s1)N[N+](=O)[O-]. The number of hydrazine groups is 1. The van der Waals surface area contributed by atoms with E-state index in [1.807, 2.05) is 5.43 Å². The number of nitro groups is 1. The zero-order chi connectivity index (χ0) is 16.0. The molecule has 1 aromatic heterocycles. The standard InChI is InChI=1S/C9H11Cl2N5O4S/c1-5(10)20-9(17)15(2)8(14-16(18)19)13-4-6-3-12-7(11)21-6/h3,5H,4H2,1-2H3,(H,13,14). The zero-order valence-electron chi connectivity index (χ0n) is 10.9. The number of halogens is 2. The molecule has 1 amide bonds. The number of hydrogen-bond acceptors (Lipinski definition) is 7. The molecule has 0 aromatic carbocycles. The lowest BCUT2D eigenvalue weighted by Crippen LogP contribution is -2.45. The molecular formula is C9H11Cl2N5O4S. The minimum Gasteiger partial charge on any atom is -0.430 e. The van der Waals surface area contributed by atoms with E-state index in [4.69, 9.17) is 27.9 Å². The number of carbonyl (C=O) groups is 1. The van der Waals surface area contributed by atoms with Crippen molar-refractivity contribution < 1.29 is 14.6 Å². The minimum atomic E-state index is -0.882. The summed E-state index contributed by atoms with van der Waals surface area (Å²) in [6.07, 6.45) is 0.604. The third-order valence-electron chi connectivity index (χ3n) is 1.96. The second kappa shape index (κ2) is 7.96. The van der Waals surface area contributed by atoms with Crippen LogP contribution < -0.4 is 5.43 Å². The molecule has 12 heteroatoms. The zero-order valence-corrected chi connectivity index (χ0v) is 13.3. The Bertz CT molecular complexity index is 550. The number of alkyl halides is 1. The van der Waals surface area contributed by atoms with Gasteiger partial charge in [0.1, 0.15) is 0 Å². The molecule has 0 radical (unpaired) electrons. The van der Waals surface area contributed by atoms with E-state index in [1.165, 1.54) is 31.5 Å². The average Bonchev–Trinajstić information content (AvgIpc) is 2.78. The molecule has 0 aliphatic rings. The van der Waals surface area contributed by atoms with Gasteiger partial charge in [0.15, 0.2) is 15.1 Å². The highest BCUT2D eigenvalue weighted by Crippen LogP contribution is 2.18. The smallest absolute Gasteiger partial charge is 0.417 e. The summed E-state index contributed by atoms with van der Waals surface area (Å²) in [5.41, 5.74) is 0.939. The normalized spacial score (nSPS) is 12.7. The van der Waals surface area contributed by atoms with E-state index in [2.05, 4.69) is 9.98 Å². The van der Waals surface area contributed by atoms with Crippen molar-refractivity contribution in [1.29, 1.82) is 0 Å². The summed E-state index contributed by atoms with van der Waals surface area (Å²) < 4.78 is 5.04. The monoisotopic (exact) mass is 355 g/mol. The molecule has 1 rings (SSSR count). The molecule has 9 nitrogen and oxygen atoms in total. The van der Waals surface area contributed by atoms with Crippen LogP contribution in [0.15, 0.2) is 11.2 Å². The Morgan fingerprint density at radius 2 is 2.43 bits per heavy atom. The summed E-state index contributed by atoms with van der Waals surface area (Å²) in [6, 6.07) is 0. The summed E-state index contributed by atoms with van der Waals surface area (Å²) in [5.74, 6) is -0.299. The number of carbonyl (C=O) groups excluding carboxylic acids is 1. The summed E-state index contributed by atoms with van der Waals surface area (Å²) >= 11 is 12.4. The van der Waals surface area contributed by atoms with E-state index in [1.54, 1.807) is 0 Å². The average molecular weight is 356 g/mol. The van der Waals surface area contributed by atoms with E-state index in [9.17, 15) is 14.9 Å². The van der Waals surface area contributed by atoms with Gasteiger partial charge < -0.3 is 4.74 Å². The lowest BCUT2D eigenvalue weighted by molar-refractivity contribution is -0.526. The van der Waals surface area contributed by atoms with Gasteiger partial charge in [-0.3, -0.25) is 0 Å². The van der Waals surface area contributed by atoms with Crippen molar-refractivity contribution in [2.24, 2.45) is 4.99 Å². The second-order valence-electron chi connectivity index (χ2n) is 3.57. The van der Waals surface area contributed by atoms with Gasteiger partial charge in [-0.1, -0.05) is 28.6 Å². The number of nitrogens with one attached hydrogen (secondary N) is 1. The Balaban J connectivity index is 2.83. The van der Waals surface area contributed by atoms with Gasteiger partial charge >= 0.3 is 6.09 Å². The summed E-state index contributed by atoms with van der Waals surface area (Å²) in [7, 11) is 1.26. The molecule has 0 aliphatic carbocycles. The van der Waals surface area contributed by atoms with Gasteiger partial charge in [0.25, 0.3) is 5.96 Å². The van der Waals surface area contributed by atoms with Crippen LogP contribution in [-0.2, 0) is 11.3 Å². The first kappa shape index (κ1) is 17.4. The predicted molar refractivity (Wildman–Crippen MR) is 78.0 cm³/mol. The molecule has 0 fully saturated rings. The molecule has 0 saturated heterocycles. The second-order valence-corrected chi connectivity index (χ2v) is 5.89. The van der Waals surface area contributed by atoms with E-state index in [0.717, 1.165) is 4.90 Å². The van der Waals surface area contributed by atoms with Crippen molar-refractivity contribution in [3.05, 3.63) is 25.7 Å². The molecule has 1 unspecified atom stereocenters. The molecule has 0 saturated carbocycles. The van der Waals surface area contributed by atoms with Crippen LogP contribution in [0.4, 0.5) is 4.79 Å². The highest BCUT2D eigenvalue weighted by molar-refractivity contribution is 7.15. The number of aromatic nitrogens is 1. The Morgan fingerprint density at radius 1 is 1.76 bits per heavy atom. The fraction of sp³-hybridized carbons (Fsp3) is 0.444. The Morgan fingerprint density at radius 3 is 2.90 bits per heavy atom. The molecule has 21 heavy (non-hydrogen) atoms. The first-order valence-electron chi connectivity index (χ1n) is 5.43. The topological polar surface area (TPSA) is 110 Å². The number of nitrogens with zero attached hydrogens (tertiary/aromatic N) is 4. The van der Waals surface area contributed by atoms with Crippen molar-refractivity contribution in [3.63, 3.8) is 0 Å². The number of aliphatic imine (C=N–C) groups is 1. The predicted octanol–water partition coefficient (Wildman–Crippen LogP) is 2.09. The van der Waals surface area contributed by atoms with Gasteiger partial charge in [-0.05, 0) is 6.92 Å². The van der Waals surface area contributed by atoms with E-state index in [-0.39, 0.29) is 12.5 Å². The molecule has 0 bridgehead atoms. The summed E-state index contributed by atoms with van der Waals surface area (Å²) in [5, 5.41) is 9.71. The molecule has 0 aliphatic heterocycles. The molecule has 1 atom stereocenters. The van der Waals surface area contributed by atoms with Crippen molar-refractivity contribution in [3.8, 4) is 0 Å². The van der Waals surface area contributed by atoms with Crippen LogP contribution in [0, 0.1) is 10.1 Å². The van der Waals surface area contributed by atoms with Gasteiger partial charge in [0.2, 0.25) is 0 Å². The van der Waals surface area contributed by atoms with Gasteiger partial charge in [-0.2, -0.15) is 0 Å². The van der Waals surface area contributed by atoms with Crippen LogP contribution in [0.5, 0.6) is 0 Å². The lowest BCUT2D eigenvalue weighted by atomic mass is 10.5. The molecule has 1 N–H and O–H groups in total. The fourth-order valence-corrected chi connectivity index (χ4v) is 2.09. The largest absolute Gasteiger partial charge is 0.430 e. The Hall–Kier alpha value is -1.65. The van der Waals surface area contributed by atoms with Crippen molar-refractivity contribution in [2.75, 3.05) is 7.05 Å². The van der Waals surface area contributed by atoms with E-state index in [0.29, 0.717) is 9.34 Å². The summed E-state index contributed by atoms with van der Waals surface area (Å²) in [4.78, 5) is 31.4. The fourth-order valence-electron chi connectivity index (χ4n) is 1.11. The van der Waals surface area contributed by atoms with Gasteiger partial charge in [0, 0.05) is 18.1 Å². The minimum absolute atomic E-state index is 0.0641. The van der Waals surface area contributed by atoms with Gasteiger partial charge in [0.05, 0.1) is 6.54 Å². The van der Waals surface area contributed by atoms with Crippen molar-refractivity contribution >= 4 is 46.6 Å². The number of ether oxygens (including phenoxy) is 1. The maximum absolute atomic E-state index is 11.6. The van der Waals surface area contributed by atoms with Crippen LogP contribution in [-0.4, -0.2) is 39.6 Å². The maximum atomic E-state index is 11.6. The van der Waals surface area contributed by atoms with Gasteiger partial charge in [-0.15, -0.1) is 11.3 Å². The summed E-state index contributed by atoms with van der Waals surface area (Å²) in [6.45, 7) is 1.50. The quantitative estimate of drug-likeness (QED) is 0.291. The Labute approximate surface area is 133 Å². The highest BCUT2D eigenvalue weighted by Gasteiger charge is 2.21. The van der Waals surface area contributed by atoms with Crippen molar-refractivity contribution in [2.45, 2.75) is 19.0 Å². The third-order valence-corrected chi connectivity index (χ3v) is 3.14. The lowest BCUT2D eigenvalue weighted by Gasteiger charge is -2.17. The highest BCUT2D eigenvalue weighted by atomic mass is 35.5. The number of guanidine groups is 1. The molecular weight excluding hydrogens is 345 g/mol. The molecule has 116 valence electrons. The number of thiazole rings is 1. The molecule has 1 heterocycles.